The van der Waals surface area contributed by atoms with E-state index in [1.165, 1.54) is 5.56 Å². The molecule has 0 saturated heterocycles. The van der Waals surface area contributed by atoms with Crippen LogP contribution >= 0.6 is 0 Å². The van der Waals surface area contributed by atoms with Crippen LogP contribution in [0.15, 0.2) is 34.9 Å². The van der Waals surface area contributed by atoms with Crippen LogP contribution in [-0.4, -0.2) is 18.9 Å². The van der Waals surface area contributed by atoms with E-state index < -0.39 is 0 Å². The van der Waals surface area contributed by atoms with Gasteiger partial charge in [-0.05, 0) is 12.0 Å². The molecule has 4 nitrogen and oxygen atoms in total. The van der Waals surface area contributed by atoms with E-state index in [-0.39, 0.29) is 0 Å². The lowest BCUT2D eigenvalue weighted by Crippen LogP contribution is -1.93. The standard InChI is InChI=1S/C12H14N2O2/c1-15-7-6-9-2-4-10(5-3-9)11-8-12(13)14-16-11/h2-5,8H,6-7H2,1H3,(H2,13,14). The molecule has 2 N–H and O–H groups in total. The van der Waals surface area contributed by atoms with Crippen molar-refractivity contribution < 1.29 is 9.26 Å². The molecule has 1 aromatic carbocycles. The van der Waals surface area contributed by atoms with Crippen LogP contribution in [-0.2, 0) is 11.2 Å². The number of ether oxygens (including phenoxy) is 1. The maximum Gasteiger partial charge on any atom is 0.169 e. The number of aromatic nitrogens is 1. The lowest BCUT2D eigenvalue weighted by Gasteiger charge is -2.01. The first kappa shape index (κ1) is 10.7. The molecule has 0 radical (unpaired) electrons. The fourth-order valence-corrected chi connectivity index (χ4v) is 1.48. The molecule has 0 aliphatic heterocycles. The summed E-state index contributed by atoms with van der Waals surface area (Å²) >= 11 is 0. The van der Waals surface area contributed by atoms with Gasteiger partial charge in [0.15, 0.2) is 11.6 Å². The van der Waals surface area contributed by atoms with Crippen LogP contribution in [0.25, 0.3) is 11.3 Å². The molecular formula is C12H14N2O2. The molecule has 0 unspecified atom stereocenters. The van der Waals surface area contributed by atoms with Gasteiger partial charge in [0.25, 0.3) is 0 Å². The molecule has 0 amide bonds. The second kappa shape index (κ2) is 4.81. The lowest BCUT2D eigenvalue weighted by atomic mass is 10.1. The van der Waals surface area contributed by atoms with Crippen molar-refractivity contribution in [3.63, 3.8) is 0 Å². The van der Waals surface area contributed by atoms with Crippen molar-refractivity contribution in [3.05, 3.63) is 35.9 Å². The Hall–Kier alpha value is -1.81. The molecule has 0 aliphatic rings. The summed E-state index contributed by atoms with van der Waals surface area (Å²) in [4.78, 5) is 0. The molecule has 0 atom stereocenters. The fourth-order valence-electron chi connectivity index (χ4n) is 1.48. The smallest absolute Gasteiger partial charge is 0.169 e. The highest BCUT2D eigenvalue weighted by Crippen LogP contribution is 2.21. The summed E-state index contributed by atoms with van der Waals surface area (Å²) in [6.07, 6.45) is 0.912. The summed E-state index contributed by atoms with van der Waals surface area (Å²) in [6, 6.07) is 9.79. The first-order chi connectivity index (χ1) is 7.79. The van der Waals surface area contributed by atoms with Crippen molar-refractivity contribution >= 4 is 5.82 Å². The second-order valence-corrected chi connectivity index (χ2v) is 3.56. The zero-order chi connectivity index (χ0) is 11.4. The van der Waals surface area contributed by atoms with Crippen LogP contribution in [0.4, 0.5) is 5.82 Å². The van der Waals surface area contributed by atoms with Crippen molar-refractivity contribution in [2.45, 2.75) is 6.42 Å². The Balaban J connectivity index is 2.13. The molecule has 2 rings (SSSR count). The van der Waals surface area contributed by atoms with Crippen LogP contribution in [0.3, 0.4) is 0 Å². The van der Waals surface area contributed by atoms with E-state index >= 15 is 0 Å². The molecule has 84 valence electrons. The minimum absolute atomic E-state index is 0.401. The maximum absolute atomic E-state index is 5.49. The van der Waals surface area contributed by atoms with Crippen LogP contribution in [0.2, 0.25) is 0 Å². The summed E-state index contributed by atoms with van der Waals surface area (Å²) in [5, 5.41) is 3.65. The third-order valence-electron chi connectivity index (χ3n) is 2.36. The molecule has 4 heteroatoms. The number of rotatable bonds is 4. The molecule has 0 fully saturated rings. The zero-order valence-electron chi connectivity index (χ0n) is 9.14. The van der Waals surface area contributed by atoms with Crippen LogP contribution in [0.5, 0.6) is 0 Å². The first-order valence-electron chi connectivity index (χ1n) is 5.10. The van der Waals surface area contributed by atoms with Crippen molar-refractivity contribution in [3.8, 4) is 11.3 Å². The lowest BCUT2D eigenvalue weighted by molar-refractivity contribution is 0.202. The van der Waals surface area contributed by atoms with Gasteiger partial charge in [-0.15, -0.1) is 0 Å². The molecule has 16 heavy (non-hydrogen) atoms. The Morgan fingerprint density at radius 1 is 1.31 bits per heavy atom. The van der Waals surface area contributed by atoms with Crippen molar-refractivity contribution in [2.24, 2.45) is 0 Å². The first-order valence-corrected chi connectivity index (χ1v) is 5.10. The average molecular weight is 218 g/mol. The monoisotopic (exact) mass is 218 g/mol. The zero-order valence-corrected chi connectivity index (χ0v) is 9.14. The van der Waals surface area contributed by atoms with Gasteiger partial charge < -0.3 is 15.0 Å². The average Bonchev–Trinajstić information content (AvgIpc) is 2.74. The number of nitrogen functional groups attached to an aromatic ring is 1. The van der Waals surface area contributed by atoms with E-state index in [4.69, 9.17) is 15.0 Å². The van der Waals surface area contributed by atoms with Gasteiger partial charge in [0.1, 0.15) is 0 Å². The molecule has 1 heterocycles. The Kier molecular flexibility index (Phi) is 3.22. The largest absolute Gasteiger partial charge is 0.384 e. The quantitative estimate of drug-likeness (QED) is 0.853. The SMILES string of the molecule is COCCc1ccc(-c2cc(N)no2)cc1. The Bertz CT molecular complexity index is 448. The van der Waals surface area contributed by atoms with E-state index in [1.54, 1.807) is 13.2 Å². The number of nitrogens with zero attached hydrogens (tertiary/aromatic N) is 1. The van der Waals surface area contributed by atoms with Gasteiger partial charge in [0.2, 0.25) is 0 Å². The summed E-state index contributed by atoms with van der Waals surface area (Å²) in [5.74, 6) is 1.09. The highest BCUT2D eigenvalue weighted by Gasteiger charge is 2.04. The van der Waals surface area contributed by atoms with Crippen LogP contribution in [0, 0.1) is 0 Å². The van der Waals surface area contributed by atoms with Gasteiger partial charge in [0.05, 0.1) is 6.61 Å². The minimum atomic E-state index is 0.401. The summed E-state index contributed by atoms with van der Waals surface area (Å²) in [6.45, 7) is 0.731. The van der Waals surface area contributed by atoms with Gasteiger partial charge in [-0.3, -0.25) is 0 Å². The predicted molar refractivity (Wildman–Crippen MR) is 61.9 cm³/mol. The maximum atomic E-state index is 5.49. The van der Waals surface area contributed by atoms with Crippen molar-refractivity contribution in [1.82, 2.24) is 5.16 Å². The topological polar surface area (TPSA) is 61.3 Å². The van der Waals surface area contributed by atoms with Crippen LogP contribution in [0.1, 0.15) is 5.56 Å². The van der Waals surface area contributed by atoms with Gasteiger partial charge in [0, 0.05) is 18.7 Å². The summed E-state index contributed by atoms with van der Waals surface area (Å²) in [5.41, 5.74) is 7.70. The van der Waals surface area contributed by atoms with Gasteiger partial charge in [-0.1, -0.05) is 29.4 Å². The highest BCUT2D eigenvalue weighted by molar-refractivity contribution is 5.60. The normalized spacial score (nSPS) is 10.6. The van der Waals surface area contributed by atoms with E-state index in [1.807, 2.05) is 24.3 Å². The molecule has 1 aromatic heterocycles. The molecule has 0 spiro atoms. The van der Waals surface area contributed by atoms with E-state index in [2.05, 4.69) is 5.16 Å². The molecular weight excluding hydrogens is 204 g/mol. The summed E-state index contributed by atoms with van der Waals surface area (Å²) < 4.78 is 10.1. The van der Waals surface area contributed by atoms with Gasteiger partial charge in [-0.2, -0.15) is 0 Å². The molecule has 2 aromatic rings. The third kappa shape index (κ3) is 2.41. The fraction of sp³-hybridized carbons (Fsp3) is 0.250. The number of hydrogen-bond acceptors (Lipinski definition) is 4. The predicted octanol–water partition coefficient (Wildman–Crippen LogP) is 2.11. The van der Waals surface area contributed by atoms with E-state index in [0.717, 1.165) is 18.6 Å². The Morgan fingerprint density at radius 3 is 2.62 bits per heavy atom. The summed E-state index contributed by atoms with van der Waals surface area (Å²) in [7, 11) is 1.70. The number of nitrogens with two attached hydrogens (primary N) is 1. The number of methoxy groups -OCH3 is 1. The number of anilines is 1. The Morgan fingerprint density at radius 2 is 2.06 bits per heavy atom. The highest BCUT2D eigenvalue weighted by atomic mass is 16.5. The second-order valence-electron chi connectivity index (χ2n) is 3.56. The van der Waals surface area contributed by atoms with Crippen molar-refractivity contribution in [1.29, 1.82) is 0 Å². The third-order valence-corrected chi connectivity index (χ3v) is 2.36. The van der Waals surface area contributed by atoms with E-state index in [9.17, 15) is 0 Å². The van der Waals surface area contributed by atoms with E-state index in [0.29, 0.717) is 11.6 Å². The van der Waals surface area contributed by atoms with Crippen LogP contribution < -0.4 is 5.73 Å². The van der Waals surface area contributed by atoms with Gasteiger partial charge in [-0.25, -0.2) is 0 Å². The van der Waals surface area contributed by atoms with Crippen molar-refractivity contribution in [2.75, 3.05) is 19.5 Å². The minimum Gasteiger partial charge on any atom is -0.384 e. The van der Waals surface area contributed by atoms with Gasteiger partial charge >= 0.3 is 0 Å². The Labute approximate surface area is 94.0 Å². The molecule has 0 saturated carbocycles. The molecule has 0 bridgehead atoms. The number of benzene rings is 1. The molecule has 0 aliphatic carbocycles. The number of hydrogen-bond donors (Lipinski definition) is 1.